The van der Waals surface area contributed by atoms with E-state index in [0.717, 1.165) is 18.4 Å². The fraction of sp³-hybridized carbons (Fsp3) is 0.579. The summed E-state index contributed by atoms with van der Waals surface area (Å²) in [6.45, 7) is 4.11. The van der Waals surface area contributed by atoms with Crippen LogP contribution in [0.1, 0.15) is 45.1 Å². The largest absolute Gasteiger partial charge is 0.493 e. The molecule has 0 saturated heterocycles. The van der Waals surface area contributed by atoms with Crippen molar-refractivity contribution in [3.63, 3.8) is 0 Å². The smallest absolute Gasteiger partial charge is 0.161 e. The van der Waals surface area contributed by atoms with Crippen LogP contribution in [0, 0.1) is 23.2 Å². The molecule has 0 aliphatic heterocycles. The second kappa shape index (κ2) is 7.04. The average molecular weight is 315 g/mol. The second-order valence-corrected chi connectivity index (χ2v) is 6.54. The number of rotatable bonds is 5. The van der Waals surface area contributed by atoms with Crippen molar-refractivity contribution < 1.29 is 14.3 Å². The standard InChI is InChI=1S/C19H25NO3/c1-13(2)19(12-20,14-6-5-7-16(21)10-14)15-8-9-17(22-3)18(11-15)23-4/h8-9,11,13-14H,5-7,10H2,1-4H3/t14-,19-/m0/s1. The molecule has 0 unspecified atom stereocenters. The number of nitrogens with zero attached hydrogens (tertiary/aromatic N) is 1. The third kappa shape index (κ3) is 3.06. The van der Waals surface area contributed by atoms with Gasteiger partial charge in [0.15, 0.2) is 11.5 Å². The number of nitriles is 1. The minimum Gasteiger partial charge on any atom is -0.493 e. The van der Waals surface area contributed by atoms with Gasteiger partial charge in [0, 0.05) is 12.8 Å². The number of ether oxygens (including phenoxy) is 2. The number of carbonyl (C=O) groups excluding carboxylic acids is 1. The third-order valence-electron chi connectivity index (χ3n) is 5.08. The first-order valence-corrected chi connectivity index (χ1v) is 8.15. The number of ketones is 1. The van der Waals surface area contributed by atoms with E-state index < -0.39 is 5.41 Å². The Balaban J connectivity index is 2.54. The summed E-state index contributed by atoms with van der Waals surface area (Å²) in [5.41, 5.74) is 0.225. The van der Waals surface area contributed by atoms with Crippen molar-refractivity contribution in [2.45, 2.75) is 44.9 Å². The molecule has 1 aromatic carbocycles. The maximum Gasteiger partial charge on any atom is 0.161 e. The highest BCUT2D eigenvalue weighted by molar-refractivity contribution is 5.79. The van der Waals surface area contributed by atoms with Crippen molar-refractivity contribution in [1.29, 1.82) is 5.26 Å². The van der Waals surface area contributed by atoms with E-state index in [1.807, 2.05) is 18.2 Å². The third-order valence-corrected chi connectivity index (χ3v) is 5.08. The lowest BCUT2D eigenvalue weighted by Gasteiger charge is -2.40. The van der Waals surface area contributed by atoms with Crippen LogP contribution in [-0.2, 0) is 10.2 Å². The molecule has 4 nitrogen and oxygen atoms in total. The molecule has 1 aliphatic rings. The predicted molar refractivity (Wildman–Crippen MR) is 88.6 cm³/mol. The van der Waals surface area contributed by atoms with Gasteiger partial charge in [-0.25, -0.2) is 0 Å². The average Bonchev–Trinajstić information content (AvgIpc) is 2.55. The Morgan fingerprint density at radius 3 is 2.48 bits per heavy atom. The van der Waals surface area contributed by atoms with Crippen LogP contribution in [0.5, 0.6) is 11.5 Å². The molecule has 0 heterocycles. The van der Waals surface area contributed by atoms with Gasteiger partial charge in [-0.1, -0.05) is 19.9 Å². The fourth-order valence-corrected chi connectivity index (χ4v) is 3.83. The molecular weight excluding hydrogens is 290 g/mol. The van der Waals surface area contributed by atoms with Crippen molar-refractivity contribution in [3.8, 4) is 17.6 Å². The number of methoxy groups -OCH3 is 2. The molecule has 0 amide bonds. The molecule has 1 fully saturated rings. The summed E-state index contributed by atoms with van der Waals surface area (Å²) in [6.07, 6.45) is 2.90. The normalized spacial score (nSPS) is 20.7. The summed E-state index contributed by atoms with van der Waals surface area (Å²) < 4.78 is 10.7. The van der Waals surface area contributed by atoms with E-state index in [2.05, 4.69) is 19.9 Å². The van der Waals surface area contributed by atoms with Gasteiger partial charge in [0.1, 0.15) is 5.78 Å². The zero-order valence-electron chi connectivity index (χ0n) is 14.4. The van der Waals surface area contributed by atoms with Crippen molar-refractivity contribution in [2.75, 3.05) is 14.2 Å². The van der Waals surface area contributed by atoms with Gasteiger partial charge in [0.2, 0.25) is 0 Å². The van der Waals surface area contributed by atoms with Crippen LogP contribution in [0.3, 0.4) is 0 Å². The molecule has 0 spiro atoms. The SMILES string of the molecule is COc1ccc([C@@](C#N)(C(C)C)[C@H]2CCCC(=O)C2)cc1OC. The minimum atomic E-state index is -0.685. The Labute approximate surface area is 138 Å². The van der Waals surface area contributed by atoms with Crippen LogP contribution >= 0.6 is 0 Å². The molecule has 0 bridgehead atoms. The van der Waals surface area contributed by atoms with Crippen LogP contribution in [0.15, 0.2) is 18.2 Å². The van der Waals surface area contributed by atoms with Crippen LogP contribution in [0.2, 0.25) is 0 Å². The number of hydrogen-bond acceptors (Lipinski definition) is 4. The molecule has 2 rings (SSSR count). The van der Waals surface area contributed by atoms with Gasteiger partial charge in [-0.05, 0) is 42.4 Å². The summed E-state index contributed by atoms with van der Waals surface area (Å²) in [5.74, 6) is 1.68. The first-order chi connectivity index (χ1) is 11.0. The minimum absolute atomic E-state index is 0.0480. The first-order valence-electron chi connectivity index (χ1n) is 8.15. The molecule has 0 N–H and O–H groups in total. The van der Waals surface area contributed by atoms with Crippen LogP contribution in [0.25, 0.3) is 0 Å². The van der Waals surface area contributed by atoms with E-state index >= 15 is 0 Å². The molecule has 0 radical (unpaired) electrons. The predicted octanol–water partition coefficient (Wildman–Crippen LogP) is 3.88. The quantitative estimate of drug-likeness (QED) is 0.827. The lowest BCUT2D eigenvalue weighted by atomic mass is 9.60. The molecule has 1 saturated carbocycles. The van der Waals surface area contributed by atoms with Crippen molar-refractivity contribution in [3.05, 3.63) is 23.8 Å². The highest BCUT2D eigenvalue weighted by atomic mass is 16.5. The Morgan fingerprint density at radius 2 is 1.96 bits per heavy atom. The van der Waals surface area contributed by atoms with Gasteiger partial charge in [0.05, 0.1) is 25.7 Å². The molecule has 4 heteroatoms. The summed E-state index contributed by atoms with van der Waals surface area (Å²) in [5, 5.41) is 10.1. The van der Waals surface area contributed by atoms with E-state index in [-0.39, 0.29) is 17.6 Å². The van der Waals surface area contributed by atoms with E-state index in [0.29, 0.717) is 24.3 Å². The summed E-state index contributed by atoms with van der Waals surface area (Å²) >= 11 is 0. The number of benzene rings is 1. The summed E-state index contributed by atoms with van der Waals surface area (Å²) in [7, 11) is 3.19. The first kappa shape index (κ1) is 17.3. The molecule has 1 aromatic rings. The van der Waals surface area contributed by atoms with Crippen LogP contribution < -0.4 is 9.47 Å². The Kier molecular flexibility index (Phi) is 5.30. The van der Waals surface area contributed by atoms with Gasteiger partial charge in [-0.15, -0.1) is 0 Å². The lowest BCUT2D eigenvalue weighted by Crippen LogP contribution is -2.41. The Bertz CT molecular complexity index is 618. The fourth-order valence-electron chi connectivity index (χ4n) is 3.83. The van der Waals surface area contributed by atoms with Gasteiger partial charge < -0.3 is 9.47 Å². The molecule has 0 aromatic heterocycles. The van der Waals surface area contributed by atoms with E-state index in [1.165, 1.54) is 0 Å². The topological polar surface area (TPSA) is 59.3 Å². The summed E-state index contributed by atoms with van der Waals surface area (Å²) in [4.78, 5) is 12.0. The highest BCUT2D eigenvalue weighted by Gasteiger charge is 2.45. The number of Topliss-reactive ketones (excluding diaryl/α,β-unsaturated/α-hetero) is 1. The van der Waals surface area contributed by atoms with E-state index in [1.54, 1.807) is 14.2 Å². The zero-order chi connectivity index (χ0) is 17.0. The molecule has 1 aliphatic carbocycles. The molecule has 23 heavy (non-hydrogen) atoms. The van der Waals surface area contributed by atoms with Crippen molar-refractivity contribution in [2.24, 2.45) is 11.8 Å². The van der Waals surface area contributed by atoms with Crippen LogP contribution in [0.4, 0.5) is 0 Å². The van der Waals surface area contributed by atoms with Gasteiger partial charge in [0.25, 0.3) is 0 Å². The number of hydrogen-bond donors (Lipinski definition) is 0. The maximum absolute atomic E-state index is 12.0. The molecular formula is C19H25NO3. The Hall–Kier alpha value is -2.02. The molecule has 2 atom stereocenters. The van der Waals surface area contributed by atoms with Gasteiger partial charge in [-0.3, -0.25) is 4.79 Å². The van der Waals surface area contributed by atoms with Crippen molar-refractivity contribution >= 4 is 5.78 Å². The summed E-state index contributed by atoms with van der Waals surface area (Å²) in [6, 6.07) is 8.23. The lowest BCUT2D eigenvalue weighted by molar-refractivity contribution is -0.122. The monoisotopic (exact) mass is 315 g/mol. The van der Waals surface area contributed by atoms with Gasteiger partial charge >= 0.3 is 0 Å². The number of carbonyl (C=O) groups is 1. The zero-order valence-corrected chi connectivity index (χ0v) is 14.4. The van der Waals surface area contributed by atoms with E-state index in [4.69, 9.17) is 9.47 Å². The highest BCUT2D eigenvalue weighted by Crippen LogP contribution is 2.46. The maximum atomic E-state index is 12.0. The van der Waals surface area contributed by atoms with Crippen molar-refractivity contribution in [1.82, 2.24) is 0 Å². The van der Waals surface area contributed by atoms with Gasteiger partial charge in [-0.2, -0.15) is 5.26 Å². The Morgan fingerprint density at radius 1 is 1.26 bits per heavy atom. The second-order valence-electron chi connectivity index (χ2n) is 6.54. The van der Waals surface area contributed by atoms with E-state index in [9.17, 15) is 10.1 Å². The molecule has 124 valence electrons. The van der Waals surface area contributed by atoms with Crippen LogP contribution in [-0.4, -0.2) is 20.0 Å².